The van der Waals surface area contributed by atoms with Crippen molar-refractivity contribution >= 4 is 28.8 Å². The normalized spacial score (nSPS) is 20.2. The van der Waals surface area contributed by atoms with E-state index in [2.05, 4.69) is 91.2 Å². The van der Waals surface area contributed by atoms with E-state index in [9.17, 15) is 10.1 Å². The van der Waals surface area contributed by atoms with Gasteiger partial charge in [-0.15, -0.1) is 31.7 Å². The number of aromatic nitrogens is 5. The van der Waals surface area contributed by atoms with E-state index >= 15 is 0 Å². The van der Waals surface area contributed by atoms with Crippen LogP contribution in [0.25, 0.3) is 5.00 Å². The molecule has 1 atom stereocenters. The summed E-state index contributed by atoms with van der Waals surface area (Å²) in [6.45, 7) is 8.56. The van der Waals surface area contributed by atoms with Crippen molar-refractivity contribution in [2.24, 2.45) is 16.3 Å². The number of rotatable bonds is 9. The Morgan fingerprint density at radius 2 is 1.75 bits per heavy atom. The second-order valence-electron chi connectivity index (χ2n) is 16.5. The number of nitrogens with one attached hydrogen (secondary N) is 1. The fraction of sp³-hybridized carbons (Fsp3) is 0.413. The molecular weight excluding hydrogens is 775 g/mol. The molecule has 5 heterocycles. The quantitative estimate of drug-likeness (QED) is 0.156. The fourth-order valence-electron chi connectivity index (χ4n) is 9.05. The number of nitrogens with zero attached hydrogens (tertiary/aromatic N) is 8. The third kappa shape index (κ3) is 7.50. The van der Waals surface area contributed by atoms with E-state index in [1.165, 1.54) is 10.4 Å². The van der Waals surface area contributed by atoms with Crippen molar-refractivity contribution in [2.45, 2.75) is 77.5 Å². The molecule has 60 heavy (non-hydrogen) atoms. The van der Waals surface area contributed by atoms with Crippen LogP contribution in [0.4, 0.5) is 5.82 Å². The van der Waals surface area contributed by atoms with E-state index in [-0.39, 0.29) is 29.5 Å². The predicted molar refractivity (Wildman–Crippen MR) is 228 cm³/mol. The van der Waals surface area contributed by atoms with Crippen LogP contribution in [0.1, 0.15) is 99.4 Å². The van der Waals surface area contributed by atoms with E-state index in [0.717, 1.165) is 96.5 Å². The Kier molecular flexibility index (Phi) is 10.6. The highest BCUT2D eigenvalue weighted by atomic mass is 32.1. The molecule has 3 fully saturated rings. The van der Waals surface area contributed by atoms with Crippen molar-refractivity contribution in [3.05, 3.63) is 105 Å². The van der Waals surface area contributed by atoms with Gasteiger partial charge in [0.15, 0.2) is 17.3 Å². The van der Waals surface area contributed by atoms with Gasteiger partial charge in [0.2, 0.25) is 0 Å². The first-order valence-electron chi connectivity index (χ1n) is 20.5. The number of amides is 1. The van der Waals surface area contributed by atoms with E-state index in [0.29, 0.717) is 35.3 Å². The van der Waals surface area contributed by atoms with Gasteiger partial charge in [0.1, 0.15) is 34.4 Å². The summed E-state index contributed by atoms with van der Waals surface area (Å²) in [5.41, 5.74) is 6.39. The first-order chi connectivity index (χ1) is 29.1. The third-order valence-electron chi connectivity index (χ3n) is 12.4. The van der Waals surface area contributed by atoms with Crippen LogP contribution in [0.3, 0.4) is 0 Å². The molecule has 2 aromatic carbocycles. The fourth-order valence-corrected chi connectivity index (χ4v) is 10.3. The number of anilines is 1. The Morgan fingerprint density at radius 3 is 2.45 bits per heavy atom. The number of aryl methyl sites for hydroxylation is 2. The van der Waals surface area contributed by atoms with Gasteiger partial charge in [0.05, 0.1) is 31.1 Å². The van der Waals surface area contributed by atoms with Gasteiger partial charge in [0, 0.05) is 65.2 Å². The first kappa shape index (κ1) is 39.4. The van der Waals surface area contributed by atoms with E-state index < -0.39 is 0 Å². The highest BCUT2D eigenvalue weighted by Gasteiger charge is 2.52. The molecule has 3 aromatic heterocycles. The maximum atomic E-state index is 13.0. The van der Waals surface area contributed by atoms with Crippen molar-refractivity contribution in [1.29, 1.82) is 5.26 Å². The predicted octanol–water partition coefficient (Wildman–Crippen LogP) is 6.85. The van der Waals surface area contributed by atoms with Crippen LogP contribution >= 0.6 is 11.3 Å². The summed E-state index contributed by atoms with van der Waals surface area (Å²) >= 11 is 1.75. The van der Waals surface area contributed by atoms with E-state index in [1.807, 2.05) is 13.0 Å². The third-order valence-corrected chi connectivity index (χ3v) is 13.6. The molecule has 14 heteroatoms. The van der Waals surface area contributed by atoms with Gasteiger partial charge in [-0.25, -0.2) is 0 Å². The number of methoxy groups -OCH3 is 2. The molecule has 2 aliphatic carbocycles. The van der Waals surface area contributed by atoms with Crippen LogP contribution in [0.15, 0.2) is 59.6 Å². The van der Waals surface area contributed by atoms with Crippen LogP contribution in [-0.4, -0.2) is 82.6 Å². The minimum Gasteiger partial charge on any atom is -0.495 e. The zero-order valence-electron chi connectivity index (χ0n) is 34.5. The zero-order chi connectivity index (χ0) is 41.5. The molecule has 4 aliphatic rings. The molecule has 1 spiro atoms. The first-order valence-corrected chi connectivity index (χ1v) is 21.3. The number of thiophene rings is 1. The molecule has 0 bridgehead atoms. The second-order valence-corrected chi connectivity index (χ2v) is 17.7. The van der Waals surface area contributed by atoms with Gasteiger partial charge in [0.25, 0.3) is 5.91 Å². The Bertz CT molecular complexity index is 2560. The summed E-state index contributed by atoms with van der Waals surface area (Å²) in [5.74, 6) is 10.8. The summed E-state index contributed by atoms with van der Waals surface area (Å²) in [6, 6.07) is 19.3. The Labute approximate surface area is 353 Å². The molecular formula is C46H47N9O4S. The van der Waals surface area contributed by atoms with Crippen LogP contribution in [0.5, 0.6) is 11.5 Å². The van der Waals surface area contributed by atoms with Gasteiger partial charge in [-0.1, -0.05) is 24.0 Å². The average Bonchev–Trinajstić information content (AvgIpc) is 3.71. The Morgan fingerprint density at radius 1 is 0.967 bits per heavy atom. The number of carbonyl (C=O) groups excluding carboxylic acids is 1. The second kappa shape index (κ2) is 16.2. The number of fused-ring (bicyclic) bond motifs is 3. The van der Waals surface area contributed by atoms with E-state index in [4.69, 9.17) is 19.2 Å². The lowest BCUT2D eigenvalue weighted by Gasteiger charge is -2.58. The SMILES string of the molecule is COC[C@@H]1N=C(c2ccc(C#CC3CC4(C3)CN(c3ccc(C(=O)NC5CCC(Oc6ccc(C#N)c(OC)c6)CC5)nn3)C4)cc2)c2c(sc(C)c2C)-n2c(C)nnc21. The summed E-state index contributed by atoms with van der Waals surface area (Å²) in [7, 11) is 3.24. The molecule has 9 rings (SSSR count). The maximum Gasteiger partial charge on any atom is 0.272 e. The molecule has 1 saturated heterocycles. The summed E-state index contributed by atoms with van der Waals surface area (Å²) in [5, 5.41) is 31.1. The molecule has 2 aliphatic heterocycles. The molecule has 1 amide bonds. The summed E-state index contributed by atoms with van der Waals surface area (Å²) in [6.07, 6.45) is 5.40. The lowest BCUT2D eigenvalue weighted by Crippen LogP contribution is -2.62. The highest BCUT2D eigenvalue weighted by Crippen LogP contribution is 2.52. The maximum absolute atomic E-state index is 13.0. The molecule has 306 valence electrons. The zero-order valence-corrected chi connectivity index (χ0v) is 35.3. The van der Waals surface area contributed by atoms with Crippen molar-refractivity contribution in [1.82, 2.24) is 30.3 Å². The molecule has 1 N–H and O–H groups in total. The minimum atomic E-state index is -0.269. The molecule has 5 aromatic rings. The van der Waals surface area contributed by atoms with Gasteiger partial charge < -0.3 is 24.4 Å². The number of benzene rings is 2. The van der Waals surface area contributed by atoms with Crippen LogP contribution in [-0.2, 0) is 4.74 Å². The number of carbonyl (C=O) groups is 1. The highest BCUT2D eigenvalue weighted by molar-refractivity contribution is 7.15. The average molecular weight is 822 g/mol. The van der Waals surface area contributed by atoms with E-state index in [1.54, 1.807) is 49.8 Å². The van der Waals surface area contributed by atoms with Gasteiger partial charge in [-0.2, -0.15) is 5.26 Å². The van der Waals surface area contributed by atoms with Crippen LogP contribution in [0, 0.1) is 55.3 Å². The Hall–Kier alpha value is -6.09. The van der Waals surface area contributed by atoms with Gasteiger partial charge in [-0.05, 0) is 101 Å². The van der Waals surface area contributed by atoms with Crippen molar-refractivity contribution in [2.75, 3.05) is 38.8 Å². The number of hydrogen-bond donors (Lipinski definition) is 1. The lowest BCUT2D eigenvalue weighted by atomic mass is 9.58. The van der Waals surface area contributed by atoms with Crippen molar-refractivity contribution in [3.8, 4) is 34.4 Å². The van der Waals surface area contributed by atoms with Gasteiger partial charge >= 0.3 is 0 Å². The lowest BCUT2D eigenvalue weighted by molar-refractivity contribution is 0.0520. The van der Waals surface area contributed by atoms with Crippen LogP contribution in [0.2, 0.25) is 0 Å². The van der Waals surface area contributed by atoms with Crippen molar-refractivity contribution in [3.63, 3.8) is 0 Å². The number of nitriles is 1. The number of ether oxygens (including phenoxy) is 3. The Balaban J connectivity index is 0.753. The molecule has 0 radical (unpaired) electrons. The van der Waals surface area contributed by atoms with Crippen LogP contribution < -0.4 is 19.7 Å². The monoisotopic (exact) mass is 821 g/mol. The minimum absolute atomic E-state index is 0.0366. The largest absolute Gasteiger partial charge is 0.495 e. The number of aliphatic imine (C=N–C) groups is 1. The smallest absolute Gasteiger partial charge is 0.272 e. The molecule has 2 saturated carbocycles. The summed E-state index contributed by atoms with van der Waals surface area (Å²) < 4.78 is 19.2. The number of hydrogen-bond acceptors (Lipinski definition) is 12. The standard InChI is InChI=1S/C46H47N9O4S/c1-27-28(2)60-45-41(27)42(49-38(24-57-4)43-53-50-29(3)55(43)45)32-10-8-30(9-11-32)6-7-31-21-46(22-31)25-54(26-46)40-19-18-37(51-52-40)44(56)48-34-13-16-35(17-14-34)59-36-15-12-33(23-47)39(20-36)58-5/h8-12,15,18-20,31,34-35,38H,13-14,16-17,21-22,24-26H2,1-5H3,(H,48,56)/t34?,35?,38-/m0/s1. The molecule has 0 unspecified atom stereocenters. The van der Waals surface area contributed by atoms with Crippen molar-refractivity contribution < 1.29 is 19.0 Å². The molecule has 13 nitrogen and oxygen atoms in total. The topological polar surface area (TPSA) is 153 Å². The van der Waals surface area contributed by atoms with Gasteiger partial charge in [-0.3, -0.25) is 14.4 Å². The summed E-state index contributed by atoms with van der Waals surface area (Å²) in [4.78, 5) is 21.8.